The van der Waals surface area contributed by atoms with E-state index in [-0.39, 0.29) is 67.3 Å². The number of esters is 2. The number of cyclic esters (lactones) is 1. The third-order valence-corrected chi connectivity index (χ3v) is 21.4. The van der Waals surface area contributed by atoms with Gasteiger partial charge in [-0.05, 0) is 126 Å². The molecule has 3 fully saturated rings. The van der Waals surface area contributed by atoms with Gasteiger partial charge in [-0.2, -0.15) is 0 Å². The van der Waals surface area contributed by atoms with Crippen molar-refractivity contribution in [3.8, 4) is 0 Å². The number of aliphatic hydroxyl groups is 1. The average molecular weight is 1070 g/mol. The van der Waals surface area contributed by atoms with Crippen LogP contribution in [-0.2, 0) is 61.6 Å². The van der Waals surface area contributed by atoms with Crippen LogP contribution in [0, 0.1) is 29.6 Å². The second kappa shape index (κ2) is 28.9. The lowest BCUT2D eigenvalue weighted by Crippen LogP contribution is -2.64. The topological polar surface area (TPSA) is 211 Å². The number of hydrogen-bond donors (Lipinski definition) is 2. The lowest BCUT2D eigenvalue weighted by Gasteiger charge is -2.47. The Kier molecular flexibility index (Phi) is 24.6. The van der Waals surface area contributed by atoms with E-state index in [0.717, 1.165) is 18.4 Å². The summed E-state index contributed by atoms with van der Waals surface area (Å²) in [7, 11) is 2.06. The molecule has 17 heteroatoms. The molecule has 16 nitrogen and oxygen atoms in total. The molecule has 14 atom stereocenters. The summed E-state index contributed by atoms with van der Waals surface area (Å²) in [5.41, 5.74) is 1.70. The molecule has 2 saturated heterocycles. The quantitative estimate of drug-likeness (QED) is 0.0457. The van der Waals surface area contributed by atoms with E-state index in [9.17, 15) is 29.1 Å². The predicted molar refractivity (Wildman–Crippen MR) is 288 cm³/mol. The number of fused-ring (bicyclic) bond motifs is 3. The van der Waals surface area contributed by atoms with Gasteiger partial charge in [-0.15, -0.1) is 6.58 Å². The molecule has 4 rings (SSSR count). The maximum absolute atomic E-state index is 15.0. The minimum absolute atomic E-state index is 0.00318. The number of hydrogen-bond acceptors (Lipinski definition) is 14. The Balaban J connectivity index is 1.80. The maximum Gasteiger partial charge on any atom is 0.329 e. The third kappa shape index (κ3) is 17.5. The number of piperidine rings is 1. The first-order valence-electron chi connectivity index (χ1n) is 27.8. The smallest absolute Gasteiger partial charge is 0.329 e. The fourth-order valence-corrected chi connectivity index (χ4v) is 12.8. The van der Waals surface area contributed by atoms with Crippen molar-refractivity contribution in [1.82, 2.24) is 4.90 Å². The van der Waals surface area contributed by atoms with E-state index in [1.165, 1.54) is 12.0 Å². The Hall–Kier alpha value is -3.58. The Bertz CT molecular complexity index is 2010. The van der Waals surface area contributed by atoms with Gasteiger partial charge in [-0.1, -0.05) is 78.2 Å². The monoisotopic (exact) mass is 1070 g/mol. The average Bonchev–Trinajstić information content (AvgIpc) is 3.35. The first-order chi connectivity index (χ1) is 35.2. The van der Waals surface area contributed by atoms with Crippen LogP contribution in [0.15, 0.2) is 36.0 Å². The zero-order chi connectivity index (χ0) is 56.0. The van der Waals surface area contributed by atoms with Crippen molar-refractivity contribution in [2.24, 2.45) is 29.6 Å². The lowest BCUT2D eigenvalue weighted by atomic mass is 9.81. The molecule has 3 aliphatic heterocycles. The number of carbonyl (C=O) groups excluding carboxylic acids is 5. The van der Waals surface area contributed by atoms with E-state index < -0.39 is 104 Å². The van der Waals surface area contributed by atoms with Crippen molar-refractivity contribution in [2.75, 3.05) is 27.9 Å². The number of rotatable bonds is 17. The number of ether oxygens (including phenoxy) is 6. The molecule has 0 radical (unpaired) electrons. The summed E-state index contributed by atoms with van der Waals surface area (Å²) in [6, 6.07) is -1.16. The molecular weight excluding hydrogens is 979 g/mol. The highest BCUT2D eigenvalue weighted by atomic mass is 28.4. The van der Waals surface area contributed by atoms with E-state index in [2.05, 4.69) is 53.4 Å². The number of carboxylic acid groups (broad SMARTS) is 1. The Morgan fingerprint density at radius 2 is 1.51 bits per heavy atom. The van der Waals surface area contributed by atoms with Crippen molar-refractivity contribution in [3.05, 3.63) is 36.0 Å². The minimum atomic E-state index is -2.62. The van der Waals surface area contributed by atoms with Crippen LogP contribution >= 0.6 is 0 Å². The number of unbranched alkanes of at least 4 members (excludes halogenated alkanes) is 3. The molecule has 426 valence electrons. The van der Waals surface area contributed by atoms with Crippen LogP contribution in [0.1, 0.15) is 165 Å². The molecule has 2 bridgehead atoms. The van der Waals surface area contributed by atoms with Gasteiger partial charge in [-0.3, -0.25) is 24.0 Å². The van der Waals surface area contributed by atoms with E-state index >= 15 is 4.79 Å². The molecule has 2 N–H and O–H groups in total. The summed E-state index contributed by atoms with van der Waals surface area (Å²) in [5, 5.41) is 21.0. The molecule has 1 saturated carbocycles. The fourth-order valence-electron chi connectivity index (χ4n) is 11.4. The van der Waals surface area contributed by atoms with Gasteiger partial charge in [0.1, 0.15) is 30.1 Å². The minimum Gasteiger partial charge on any atom is -0.481 e. The van der Waals surface area contributed by atoms with Crippen molar-refractivity contribution >= 4 is 43.7 Å². The summed E-state index contributed by atoms with van der Waals surface area (Å²) in [4.78, 5) is 84.2. The standard InChI is InChI=1S/C58H95NO15Si/c1-15-22-42-30-36(2)29-37(3)31-48(69-11)53-49(70-12)33-39(5)58(67,73-53)54(64)55(65)59-28-21-20-23-43(59)56(66)72-52(40(6)46(35-44(42)60)74-75(13,14)57(7,8)9)38(4)32-41-26-27-45(47(34-41)68-10)71-51(63)25-19-17-16-18-24-50(61)62/h15,30,32,37,39-43,45-49,52-53,67H,1,16-29,31,33-35H2,2-14H3,(H,61,62)/b36-30+,38-32?. The molecule has 4 aliphatic rings. The summed E-state index contributed by atoms with van der Waals surface area (Å²) >= 11 is 0. The van der Waals surface area contributed by atoms with Gasteiger partial charge >= 0.3 is 17.9 Å². The maximum atomic E-state index is 15.0. The van der Waals surface area contributed by atoms with Crippen LogP contribution in [0.3, 0.4) is 0 Å². The number of nitrogens with zero attached hydrogens (tertiary/aromatic N) is 1. The Labute approximate surface area is 449 Å². The second-order valence-corrected chi connectivity index (χ2v) is 28.6. The molecular formula is C58H95NO15Si. The van der Waals surface area contributed by atoms with Crippen LogP contribution in [0.2, 0.25) is 18.1 Å². The van der Waals surface area contributed by atoms with Gasteiger partial charge in [0.05, 0.1) is 24.4 Å². The fraction of sp³-hybridized carbons (Fsp3) is 0.793. The van der Waals surface area contributed by atoms with Crippen molar-refractivity contribution in [1.29, 1.82) is 0 Å². The number of ketones is 2. The molecule has 3 heterocycles. The molecule has 0 aromatic carbocycles. The predicted octanol–water partition coefficient (Wildman–Crippen LogP) is 9.64. The number of Topliss-reactive ketones (excluding diaryl/α,β-unsaturated/α-hetero) is 2. The molecule has 1 amide bonds. The highest BCUT2D eigenvalue weighted by Gasteiger charge is 2.57. The van der Waals surface area contributed by atoms with E-state index in [1.807, 2.05) is 26.8 Å². The van der Waals surface area contributed by atoms with Gasteiger partial charge in [-0.25, -0.2) is 4.79 Å². The zero-order valence-corrected chi connectivity index (χ0v) is 48.8. The van der Waals surface area contributed by atoms with E-state index in [4.69, 9.17) is 38.0 Å². The lowest BCUT2D eigenvalue weighted by molar-refractivity contribution is -0.302. The van der Waals surface area contributed by atoms with Gasteiger partial charge in [0, 0.05) is 64.9 Å². The largest absolute Gasteiger partial charge is 0.481 e. The van der Waals surface area contributed by atoms with Crippen molar-refractivity contribution < 1.29 is 71.8 Å². The number of aliphatic carboxylic acids is 1. The molecule has 0 spiro atoms. The van der Waals surface area contributed by atoms with Crippen molar-refractivity contribution in [2.45, 2.75) is 237 Å². The summed E-state index contributed by atoms with van der Waals surface area (Å²) in [5.74, 6) is -8.68. The van der Waals surface area contributed by atoms with Gasteiger partial charge in [0.2, 0.25) is 5.79 Å². The van der Waals surface area contributed by atoms with Gasteiger partial charge < -0.3 is 48.0 Å². The zero-order valence-electron chi connectivity index (χ0n) is 47.8. The van der Waals surface area contributed by atoms with Crippen LogP contribution in [0.25, 0.3) is 0 Å². The third-order valence-electron chi connectivity index (χ3n) is 16.9. The van der Waals surface area contributed by atoms with E-state index in [0.29, 0.717) is 69.8 Å². The Morgan fingerprint density at radius 1 is 0.867 bits per heavy atom. The molecule has 0 aromatic heterocycles. The highest BCUT2D eigenvalue weighted by Crippen LogP contribution is 2.42. The first-order valence-corrected chi connectivity index (χ1v) is 30.7. The number of carboxylic acids is 1. The van der Waals surface area contributed by atoms with E-state index in [1.54, 1.807) is 27.2 Å². The first kappa shape index (κ1) is 63.9. The number of allylic oxidation sites excluding steroid dienone is 4. The molecule has 1 aliphatic carbocycles. The van der Waals surface area contributed by atoms with Gasteiger partial charge in [0.15, 0.2) is 8.32 Å². The second-order valence-electron chi connectivity index (χ2n) is 23.9. The molecule has 75 heavy (non-hydrogen) atoms. The van der Waals surface area contributed by atoms with Crippen LogP contribution in [0.4, 0.5) is 0 Å². The SMILES string of the molecule is C=CCC1/C=C(\C)CC(C)CC(OC)C2OC(O)(C(=O)C(=O)N3CCCCC3C(=O)OC(C(C)=CC3CCC(OC(=O)CCCCCCC(=O)O)C(OC)C3)C(C)C(O[Si](C)(C)C(C)(C)C)CC1=O)C(C)CC2OC. The molecule has 14 unspecified atom stereocenters. The van der Waals surface area contributed by atoms with Crippen LogP contribution in [-0.4, -0.2) is 141 Å². The Morgan fingerprint density at radius 3 is 2.12 bits per heavy atom. The number of methoxy groups -OCH3 is 3. The summed E-state index contributed by atoms with van der Waals surface area (Å²) < 4.78 is 44.1. The summed E-state index contributed by atoms with van der Waals surface area (Å²) in [6.45, 7) is 24.3. The number of amides is 1. The number of carbonyl (C=O) groups is 6. The van der Waals surface area contributed by atoms with Crippen molar-refractivity contribution in [3.63, 3.8) is 0 Å². The molecule has 0 aromatic rings. The van der Waals surface area contributed by atoms with Crippen LogP contribution in [0.5, 0.6) is 0 Å². The van der Waals surface area contributed by atoms with Gasteiger partial charge in [0.25, 0.3) is 11.7 Å². The highest BCUT2D eigenvalue weighted by molar-refractivity contribution is 6.74. The normalized spacial score (nSPS) is 34.3. The van der Waals surface area contributed by atoms with Crippen LogP contribution < -0.4 is 0 Å². The summed E-state index contributed by atoms with van der Waals surface area (Å²) in [6.07, 6.45) is 8.83.